The Balaban J connectivity index is 1.87. The predicted molar refractivity (Wildman–Crippen MR) is 72.1 cm³/mol. The van der Waals surface area contributed by atoms with Crippen molar-refractivity contribution in [1.29, 1.82) is 0 Å². The lowest BCUT2D eigenvalue weighted by Gasteiger charge is -2.14. The molecule has 2 atom stereocenters. The first-order valence-electron chi connectivity index (χ1n) is 6.43. The first kappa shape index (κ1) is 12.1. The lowest BCUT2D eigenvalue weighted by molar-refractivity contribution is 0.502. The molecule has 1 nitrogen and oxygen atoms in total. The SMILES string of the molecule is CCC1(c2cccs2)CC1CNCC(C)C. The van der Waals surface area contributed by atoms with Gasteiger partial charge < -0.3 is 5.32 Å². The average molecular weight is 237 g/mol. The maximum absolute atomic E-state index is 3.60. The van der Waals surface area contributed by atoms with Gasteiger partial charge in [-0.25, -0.2) is 0 Å². The van der Waals surface area contributed by atoms with Crippen molar-refractivity contribution in [2.45, 2.75) is 39.0 Å². The van der Waals surface area contributed by atoms with E-state index in [1.807, 2.05) is 11.3 Å². The minimum atomic E-state index is 0.526. The van der Waals surface area contributed by atoms with Crippen LogP contribution in [0.1, 0.15) is 38.5 Å². The zero-order valence-electron chi connectivity index (χ0n) is 10.6. The maximum Gasteiger partial charge on any atom is 0.0110 e. The molecule has 1 aromatic rings. The van der Waals surface area contributed by atoms with E-state index in [1.165, 1.54) is 19.4 Å². The van der Waals surface area contributed by atoms with Gasteiger partial charge in [0.05, 0.1) is 0 Å². The van der Waals surface area contributed by atoms with Gasteiger partial charge in [-0.1, -0.05) is 26.8 Å². The second-order valence-corrected chi connectivity index (χ2v) is 6.39. The number of nitrogens with one attached hydrogen (secondary N) is 1. The topological polar surface area (TPSA) is 12.0 Å². The number of hydrogen-bond donors (Lipinski definition) is 1. The molecule has 16 heavy (non-hydrogen) atoms. The first-order valence-corrected chi connectivity index (χ1v) is 7.31. The lowest BCUT2D eigenvalue weighted by Crippen LogP contribution is -2.24. The van der Waals surface area contributed by atoms with Crippen LogP contribution >= 0.6 is 11.3 Å². The molecule has 2 heteroatoms. The summed E-state index contributed by atoms with van der Waals surface area (Å²) in [6, 6.07) is 4.50. The summed E-state index contributed by atoms with van der Waals surface area (Å²) in [6.07, 6.45) is 2.68. The molecule has 2 unspecified atom stereocenters. The van der Waals surface area contributed by atoms with Crippen LogP contribution < -0.4 is 5.32 Å². The van der Waals surface area contributed by atoms with Crippen LogP contribution in [0.2, 0.25) is 0 Å². The van der Waals surface area contributed by atoms with Crippen molar-refractivity contribution < 1.29 is 0 Å². The van der Waals surface area contributed by atoms with E-state index in [4.69, 9.17) is 0 Å². The molecule has 1 aliphatic carbocycles. The van der Waals surface area contributed by atoms with Crippen LogP contribution in [0.25, 0.3) is 0 Å². The van der Waals surface area contributed by atoms with Gasteiger partial charge in [0.15, 0.2) is 0 Å². The summed E-state index contributed by atoms with van der Waals surface area (Å²) in [6.45, 7) is 9.23. The Morgan fingerprint density at radius 1 is 1.56 bits per heavy atom. The molecule has 90 valence electrons. The van der Waals surface area contributed by atoms with Crippen LogP contribution in [0.3, 0.4) is 0 Å². The van der Waals surface area contributed by atoms with Gasteiger partial charge >= 0.3 is 0 Å². The minimum Gasteiger partial charge on any atom is -0.316 e. The van der Waals surface area contributed by atoms with Crippen LogP contribution in [0.15, 0.2) is 17.5 Å². The average Bonchev–Trinajstić information content (AvgIpc) is 2.73. The molecule has 0 aromatic carbocycles. The Kier molecular flexibility index (Phi) is 3.70. The highest BCUT2D eigenvalue weighted by Crippen LogP contribution is 2.57. The fraction of sp³-hybridized carbons (Fsp3) is 0.714. The van der Waals surface area contributed by atoms with Gasteiger partial charge in [0, 0.05) is 10.3 Å². The number of thiophene rings is 1. The third-order valence-electron chi connectivity index (χ3n) is 3.82. The summed E-state index contributed by atoms with van der Waals surface area (Å²) in [5.74, 6) is 1.63. The molecule has 1 aliphatic rings. The van der Waals surface area contributed by atoms with E-state index >= 15 is 0 Å². The van der Waals surface area contributed by atoms with E-state index in [2.05, 4.69) is 43.6 Å². The summed E-state index contributed by atoms with van der Waals surface area (Å²) in [5, 5.41) is 5.81. The molecule has 0 radical (unpaired) electrons. The molecule has 0 spiro atoms. The van der Waals surface area contributed by atoms with Crippen LogP contribution in [-0.2, 0) is 5.41 Å². The molecule has 1 saturated carbocycles. The van der Waals surface area contributed by atoms with E-state index in [-0.39, 0.29) is 0 Å². The quantitative estimate of drug-likeness (QED) is 0.796. The van der Waals surface area contributed by atoms with Gasteiger partial charge in [-0.2, -0.15) is 0 Å². The van der Waals surface area contributed by atoms with Crippen LogP contribution in [-0.4, -0.2) is 13.1 Å². The Labute approximate surface area is 103 Å². The monoisotopic (exact) mass is 237 g/mol. The molecule has 1 fully saturated rings. The molecule has 0 aliphatic heterocycles. The molecule has 2 rings (SSSR count). The largest absolute Gasteiger partial charge is 0.316 e. The highest BCUT2D eigenvalue weighted by Gasteiger charge is 2.53. The predicted octanol–water partition coefficient (Wildman–Crippen LogP) is 3.66. The van der Waals surface area contributed by atoms with Gasteiger partial charge in [-0.05, 0) is 49.2 Å². The summed E-state index contributed by atoms with van der Waals surface area (Å²) < 4.78 is 0. The van der Waals surface area contributed by atoms with Crippen molar-refractivity contribution in [3.63, 3.8) is 0 Å². The van der Waals surface area contributed by atoms with Crippen molar-refractivity contribution in [3.05, 3.63) is 22.4 Å². The van der Waals surface area contributed by atoms with Gasteiger partial charge in [-0.3, -0.25) is 0 Å². The molecule has 0 bridgehead atoms. The highest BCUT2D eigenvalue weighted by molar-refractivity contribution is 7.10. The number of hydrogen-bond acceptors (Lipinski definition) is 2. The van der Waals surface area contributed by atoms with Crippen molar-refractivity contribution in [2.24, 2.45) is 11.8 Å². The molecule has 1 heterocycles. The Hall–Kier alpha value is -0.340. The van der Waals surface area contributed by atoms with E-state index < -0.39 is 0 Å². The van der Waals surface area contributed by atoms with Gasteiger partial charge in [0.1, 0.15) is 0 Å². The molecule has 0 amide bonds. The Morgan fingerprint density at radius 2 is 2.38 bits per heavy atom. The molecular formula is C14H23NS. The van der Waals surface area contributed by atoms with Gasteiger partial charge in [0.25, 0.3) is 0 Å². The van der Waals surface area contributed by atoms with E-state index in [1.54, 1.807) is 4.88 Å². The highest BCUT2D eigenvalue weighted by atomic mass is 32.1. The van der Waals surface area contributed by atoms with E-state index in [9.17, 15) is 0 Å². The Morgan fingerprint density at radius 3 is 2.94 bits per heavy atom. The van der Waals surface area contributed by atoms with Crippen LogP contribution in [0.5, 0.6) is 0 Å². The van der Waals surface area contributed by atoms with Crippen molar-refractivity contribution in [3.8, 4) is 0 Å². The Bertz CT molecular complexity index is 317. The molecule has 1 aromatic heterocycles. The van der Waals surface area contributed by atoms with Gasteiger partial charge in [0.2, 0.25) is 0 Å². The number of rotatable bonds is 6. The smallest absolute Gasteiger partial charge is 0.0110 e. The van der Waals surface area contributed by atoms with E-state index in [0.29, 0.717) is 5.41 Å². The minimum absolute atomic E-state index is 0.526. The summed E-state index contributed by atoms with van der Waals surface area (Å²) in [4.78, 5) is 1.60. The zero-order chi connectivity index (χ0) is 11.6. The van der Waals surface area contributed by atoms with E-state index in [0.717, 1.165) is 18.4 Å². The van der Waals surface area contributed by atoms with Crippen molar-refractivity contribution >= 4 is 11.3 Å². The summed E-state index contributed by atoms with van der Waals surface area (Å²) in [5.41, 5.74) is 0.526. The zero-order valence-corrected chi connectivity index (χ0v) is 11.4. The van der Waals surface area contributed by atoms with Crippen LogP contribution in [0.4, 0.5) is 0 Å². The maximum atomic E-state index is 3.60. The third kappa shape index (κ3) is 2.33. The fourth-order valence-electron chi connectivity index (χ4n) is 2.67. The third-order valence-corrected chi connectivity index (χ3v) is 4.91. The van der Waals surface area contributed by atoms with Gasteiger partial charge in [-0.15, -0.1) is 11.3 Å². The van der Waals surface area contributed by atoms with Crippen molar-refractivity contribution in [1.82, 2.24) is 5.32 Å². The fourth-order valence-corrected chi connectivity index (χ4v) is 3.76. The standard InChI is InChI=1S/C14H23NS/c1-4-14(13-6-5-7-16-13)8-12(14)10-15-9-11(2)3/h5-7,11-12,15H,4,8-10H2,1-3H3. The normalized spacial score (nSPS) is 28.6. The first-order chi connectivity index (χ1) is 7.69. The summed E-state index contributed by atoms with van der Waals surface area (Å²) >= 11 is 1.93. The molecule has 0 saturated heterocycles. The summed E-state index contributed by atoms with van der Waals surface area (Å²) in [7, 11) is 0. The van der Waals surface area contributed by atoms with Crippen LogP contribution in [0, 0.1) is 11.8 Å². The molecular weight excluding hydrogens is 214 g/mol. The molecule has 1 N–H and O–H groups in total. The second-order valence-electron chi connectivity index (χ2n) is 5.44. The van der Waals surface area contributed by atoms with Crippen molar-refractivity contribution in [2.75, 3.05) is 13.1 Å². The lowest BCUT2D eigenvalue weighted by atomic mass is 9.98. The second kappa shape index (κ2) is 4.89.